The van der Waals surface area contributed by atoms with Crippen molar-refractivity contribution in [2.24, 2.45) is 0 Å². The minimum Gasteiger partial charge on any atom is -0.486 e. The molecule has 4 rings (SSSR count). The van der Waals surface area contributed by atoms with E-state index < -0.39 is 29.5 Å². The summed E-state index contributed by atoms with van der Waals surface area (Å²) in [6, 6.07) is 0.391. The van der Waals surface area contributed by atoms with Crippen LogP contribution in [0.5, 0.6) is 5.75 Å². The molecule has 198 valence electrons. The number of carboxylic acids is 2. The van der Waals surface area contributed by atoms with Crippen molar-refractivity contribution in [3.05, 3.63) is 40.7 Å². The Morgan fingerprint density at radius 3 is 2.57 bits per heavy atom. The number of aliphatic carboxylic acids is 2. The van der Waals surface area contributed by atoms with Crippen LogP contribution in [0, 0.1) is 0 Å². The third kappa shape index (κ3) is 4.99. The van der Waals surface area contributed by atoms with E-state index in [4.69, 9.17) is 14.3 Å². The molecule has 2 aromatic rings. The van der Waals surface area contributed by atoms with Crippen LogP contribution in [0.25, 0.3) is 11.0 Å². The number of Topliss-reactive ketones (excluding diaryl/α,β-unsaturated/α-hetero) is 1. The van der Waals surface area contributed by atoms with Crippen LogP contribution in [0.15, 0.2) is 28.4 Å². The predicted molar refractivity (Wildman–Crippen MR) is 135 cm³/mol. The molecule has 0 aliphatic carbocycles. The number of carbonyl (C=O) groups is 4. The minimum absolute atomic E-state index is 0.00440. The van der Waals surface area contributed by atoms with Gasteiger partial charge in [-0.05, 0) is 59.4 Å². The van der Waals surface area contributed by atoms with Gasteiger partial charge in [-0.15, -0.1) is 0 Å². The van der Waals surface area contributed by atoms with Crippen molar-refractivity contribution >= 4 is 34.6 Å². The zero-order valence-corrected chi connectivity index (χ0v) is 21.6. The largest absolute Gasteiger partial charge is 0.486 e. The number of carboxylic acid groups (broad SMARTS) is 2. The van der Waals surface area contributed by atoms with E-state index in [0.717, 1.165) is 17.4 Å². The number of benzene rings is 1. The standard InChI is InChI=1S/C28H33NO8/c1-15(2)6-5-11-28(4)20(8-7-16(3)30)19-14-36-25-18-13-29(21(27(34)35)9-10-23(31)32)26(33)17(18)12-22(37-28)24(19)25/h6,12,14,20-21H,5,7-11,13H2,1-4H3,(H,31,32)(H,34,35). The number of rotatable bonds is 11. The molecule has 9 heteroatoms. The van der Waals surface area contributed by atoms with Gasteiger partial charge < -0.3 is 29.1 Å². The molecule has 2 aliphatic heterocycles. The zero-order valence-electron chi connectivity index (χ0n) is 21.6. The molecular formula is C28H33NO8. The van der Waals surface area contributed by atoms with E-state index in [1.807, 2.05) is 20.8 Å². The van der Waals surface area contributed by atoms with Gasteiger partial charge >= 0.3 is 11.9 Å². The molecule has 1 aromatic carbocycles. The number of amides is 1. The minimum atomic E-state index is -1.27. The third-order valence-electron chi connectivity index (χ3n) is 7.49. The van der Waals surface area contributed by atoms with Crippen LogP contribution in [0.2, 0.25) is 0 Å². The van der Waals surface area contributed by atoms with Gasteiger partial charge in [-0.25, -0.2) is 4.79 Å². The summed E-state index contributed by atoms with van der Waals surface area (Å²) >= 11 is 0. The molecular weight excluding hydrogens is 478 g/mol. The molecule has 0 spiro atoms. The van der Waals surface area contributed by atoms with E-state index in [1.165, 1.54) is 10.5 Å². The van der Waals surface area contributed by atoms with Gasteiger partial charge in [0.05, 0.1) is 23.8 Å². The van der Waals surface area contributed by atoms with Crippen LogP contribution < -0.4 is 4.74 Å². The lowest BCUT2D eigenvalue weighted by Crippen LogP contribution is -2.42. The molecule has 2 N–H and O–H groups in total. The van der Waals surface area contributed by atoms with E-state index in [1.54, 1.807) is 19.3 Å². The average Bonchev–Trinajstić information content (AvgIpc) is 3.36. The van der Waals surface area contributed by atoms with E-state index in [-0.39, 0.29) is 31.1 Å². The number of nitrogens with zero attached hydrogens (tertiary/aromatic N) is 1. The van der Waals surface area contributed by atoms with Crippen LogP contribution in [-0.2, 0) is 20.9 Å². The lowest BCUT2D eigenvalue weighted by molar-refractivity contribution is -0.143. The fraction of sp³-hybridized carbons (Fsp3) is 0.500. The van der Waals surface area contributed by atoms with Crippen LogP contribution >= 0.6 is 0 Å². The van der Waals surface area contributed by atoms with Crippen molar-refractivity contribution in [1.29, 1.82) is 0 Å². The summed E-state index contributed by atoms with van der Waals surface area (Å²) in [5.41, 5.74) is 2.82. The number of carbonyl (C=O) groups excluding carboxylic acids is 2. The van der Waals surface area contributed by atoms with Crippen molar-refractivity contribution in [3.8, 4) is 5.75 Å². The Balaban J connectivity index is 1.75. The lowest BCUT2D eigenvalue weighted by Gasteiger charge is -2.41. The number of hydrogen-bond acceptors (Lipinski definition) is 6. The summed E-state index contributed by atoms with van der Waals surface area (Å²) in [5.74, 6) is -2.38. The van der Waals surface area contributed by atoms with E-state index in [2.05, 4.69) is 6.08 Å². The molecule has 0 saturated heterocycles. The summed E-state index contributed by atoms with van der Waals surface area (Å²) < 4.78 is 12.6. The Morgan fingerprint density at radius 2 is 1.95 bits per heavy atom. The first-order valence-corrected chi connectivity index (χ1v) is 12.6. The monoisotopic (exact) mass is 511 g/mol. The molecule has 0 bridgehead atoms. The van der Waals surface area contributed by atoms with E-state index >= 15 is 0 Å². The van der Waals surface area contributed by atoms with Gasteiger partial charge in [-0.3, -0.25) is 9.59 Å². The highest BCUT2D eigenvalue weighted by atomic mass is 16.5. The van der Waals surface area contributed by atoms with Crippen molar-refractivity contribution in [1.82, 2.24) is 4.90 Å². The van der Waals surface area contributed by atoms with Crippen LogP contribution in [0.1, 0.15) is 93.6 Å². The number of ketones is 1. The van der Waals surface area contributed by atoms with Crippen LogP contribution in [0.3, 0.4) is 0 Å². The molecule has 0 radical (unpaired) electrons. The maximum atomic E-state index is 13.3. The summed E-state index contributed by atoms with van der Waals surface area (Å²) in [7, 11) is 0. The van der Waals surface area contributed by atoms with Crippen LogP contribution in [0.4, 0.5) is 0 Å². The number of furan rings is 1. The highest BCUT2D eigenvalue weighted by molar-refractivity contribution is 6.07. The Bertz CT molecular complexity index is 1300. The van der Waals surface area contributed by atoms with Gasteiger partial charge in [-0.2, -0.15) is 0 Å². The smallest absolute Gasteiger partial charge is 0.326 e. The topological polar surface area (TPSA) is 134 Å². The van der Waals surface area contributed by atoms with Gasteiger partial charge in [0.15, 0.2) is 0 Å². The van der Waals surface area contributed by atoms with Gasteiger partial charge in [0.2, 0.25) is 0 Å². The Labute approximate surface area is 215 Å². The number of ether oxygens (including phenoxy) is 1. The maximum absolute atomic E-state index is 13.3. The SMILES string of the molecule is CC(=O)CCC1c2coc3c4c(cc(c23)OC1(C)CCC=C(C)C)C(=O)N(C(CCC(=O)O)C(=O)O)C4. The summed E-state index contributed by atoms with van der Waals surface area (Å²) in [6.45, 7) is 7.66. The fourth-order valence-corrected chi connectivity index (χ4v) is 5.60. The Morgan fingerprint density at radius 1 is 1.22 bits per heavy atom. The van der Waals surface area contributed by atoms with Crippen molar-refractivity contribution < 1.29 is 38.5 Å². The summed E-state index contributed by atoms with van der Waals surface area (Å²) in [6.07, 6.45) is 5.72. The van der Waals surface area contributed by atoms with Crippen molar-refractivity contribution in [2.75, 3.05) is 0 Å². The molecule has 0 fully saturated rings. The molecule has 1 amide bonds. The van der Waals surface area contributed by atoms with Gasteiger partial charge in [-0.1, -0.05) is 11.6 Å². The highest BCUT2D eigenvalue weighted by Gasteiger charge is 2.46. The molecule has 1 aromatic heterocycles. The maximum Gasteiger partial charge on any atom is 0.326 e. The normalized spacial score (nSPS) is 20.9. The first-order valence-electron chi connectivity index (χ1n) is 12.6. The molecule has 37 heavy (non-hydrogen) atoms. The highest BCUT2D eigenvalue weighted by Crippen LogP contribution is 2.52. The first-order chi connectivity index (χ1) is 17.4. The molecule has 2 aliphatic rings. The number of fused-ring (bicyclic) bond motifs is 2. The molecule has 3 atom stereocenters. The van der Waals surface area contributed by atoms with Crippen molar-refractivity contribution in [2.45, 2.75) is 90.3 Å². The zero-order chi connectivity index (χ0) is 27.1. The first kappa shape index (κ1) is 26.4. The van der Waals surface area contributed by atoms with Gasteiger partial charge in [0, 0.05) is 29.9 Å². The van der Waals surface area contributed by atoms with Crippen molar-refractivity contribution in [3.63, 3.8) is 0 Å². The van der Waals surface area contributed by atoms with E-state index in [0.29, 0.717) is 41.7 Å². The van der Waals surface area contributed by atoms with Gasteiger partial charge in [0.1, 0.15) is 28.8 Å². The second kappa shape index (κ2) is 10.0. The number of allylic oxidation sites excluding steroid dienone is 2. The average molecular weight is 512 g/mol. The Kier molecular flexibility index (Phi) is 7.17. The molecule has 9 nitrogen and oxygen atoms in total. The molecule has 3 heterocycles. The Hall–Kier alpha value is -3.62. The third-order valence-corrected chi connectivity index (χ3v) is 7.49. The summed E-state index contributed by atoms with van der Waals surface area (Å²) in [4.78, 5) is 49.4. The molecule has 0 saturated carbocycles. The molecule has 3 unspecified atom stereocenters. The number of hydrogen-bond donors (Lipinski definition) is 2. The van der Waals surface area contributed by atoms with Gasteiger partial charge in [0.25, 0.3) is 5.91 Å². The van der Waals surface area contributed by atoms with E-state index in [9.17, 15) is 24.3 Å². The lowest BCUT2D eigenvalue weighted by atomic mass is 9.75. The predicted octanol–water partition coefficient (Wildman–Crippen LogP) is 5.06. The second-order valence-corrected chi connectivity index (χ2v) is 10.5. The summed E-state index contributed by atoms with van der Waals surface area (Å²) in [5, 5.41) is 19.5. The second-order valence-electron chi connectivity index (χ2n) is 10.5. The van der Waals surface area contributed by atoms with Crippen LogP contribution in [-0.4, -0.2) is 50.4 Å². The fourth-order valence-electron chi connectivity index (χ4n) is 5.60. The quantitative estimate of drug-likeness (QED) is 0.400.